The van der Waals surface area contributed by atoms with Gasteiger partial charge in [-0.05, 0) is 40.5 Å². The monoisotopic (exact) mass is 244 g/mol. The lowest BCUT2D eigenvalue weighted by Crippen LogP contribution is -2.48. The van der Waals surface area contributed by atoms with E-state index in [4.69, 9.17) is 4.74 Å². The Labute approximate surface area is 105 Å². The SMILES string of the molecule is CCC1OC(CC)C(C(C)(C)O)C1C(C)(C)O. The van der Waals surface area contributed by atoms with Crippen LogP contribution in [-0.4, -0.2) is 33.6 Å². The summed E-state index contributed by atoms with van der Waals surface area (Å²) in [6.45, 7) is 11.4. The van der Waals surface area contributed by atoms with Gasteiger partial charge in [0.05, 0.1) is 23.4 Å². The third kappa shape index (κ3) is 3.01. The van der Waals surface area contributed by atoms with Gasteiger partial charge in [-0.1, -0.05) is 13.8 Å². The zero-order chi connectivity index (χ0) is 13.4. The average molecular weight is 244 g/mol. The van der Waals surface area contributed by atoms with Gasteiger partial charge in [-0.3, -0.25) is 0 Å². The van der Waals surface area contributed by atoms with Gasteiger partial charge in [0, 0.05) is 11.8 Å². The predicted octanol–water partition coefficient (Wildman–Crippen LogP) is 2.35. The van der Waals surface area contributed by atoms with E-state index in [9.17, 15) is 10.2 Å². The Morgan fingerprint density at radius 2 is 1.12 bits per heavy atom. The fraction of sp³-hybridized carbons (Fsp3) is 1.00. The first-order chi connectivity index (χ1) is 7.62. The third-order valence-corrected chi connectivity index (χ3v) is 3.97. The highest BCUT2D eigenvalue weighted by molar-refractivity contribution is 5.02. The van der Waals surface area contributed by atoms with Gasteiger partial charge in [-0.2, -0.15) is 0 Å². The fourth-order valence-electron chi connectivity index (χ4n) is 3.35. The predicted molar refractivity (Wildman–Crippen MR) is 68.8 cm³/mol. The van der Waals surface area contributed by atoms with Gasteiger partial charge < -0.3 is 14.9 Å². The molecule has 102 valence electrons. The summed E-state index contributed by atoms with van der Waals surface area (Å²) >= 11 is 0. The van der Waals surface area contributed by atoms with Crippen LogP contribution in [0.4, 0.5) is 0 Å². The highest BCUT2D eigenvalue weighted by Gasteiger charge is 2.54. The Balaban J connectivity index is 3.09. The smallest absolute Gasteiger partial charge is 0.0649 e. The van der Waals surface area contributed by atoms with E-state index in [0.717, 1.165) is 12.8 Å². The Hall–Kier alpha value is -0.120. The second kappa shape index (κ2) is 4.87. The van der Waals surface area contributed by atoms with Crippen LogP contribution in [-0.2, 0) is 4.74 Å². The number of aliphatic hydroxyl groups is 2. The van der Waals surface area contributed by atoms with Gasteiger partial charge in [0.1, 0.15) is 0 Å². The molecule has 0 spiro atoms. The van der Waals surface area contributed by atoms with Crippen molar-refractivity contribution in [2.45, 2.75) is 77.8 Å². The van der Waals surface area contributed by atoms with Gasteiger partial charge in [-0.15, -0.1) is 0 Å². The molecule has 0 amide bonds. The van der Waals surface area contributed by atoms with E-state index in [2.05, 4.69) is 13.8 Å². The zero-order valence-corrected chi connectivity index (χ0v) is 12.0. The molecule has 2 N–H and O–H groups in total. The van der Waals surface area contributed by atoms with E-state index in [1.807, 2.05) is 27.7 Å². The molecule has 1 rings (SSSR count). The number of hydrogen-bond donors (Lipinski definition) is 2. The lowest BCUT2D eigenvalue weighted by molar-refractivity contribution is -0.0757. The molecule has 1 aliphatic rings. The molecule has 17 heavy (non-hydrogen) atoms. The molecule has 0 aliphatic carbocycles. The van der Waals surface area contributed by atoms with Gasteiger partial charge in [0.2, 0.25) is 0 Å². The van der Waals surface area contributed by atoms with E-state index in [-0.39, 0.29) is 24.0 Å². The molecule has 0 aromatic heterocycles. The zero-order valence-electron chi connectivity index (χ0n) is 12.0. The quantitative estimate of drug-likeness (QED) is 0.798. The Morgan fingerprint density at radius 1 is 0.824 bits per heavy atom. The summed E-state index contributed by atoms with van der Waals surface area (Å²) in [5, 5.41) is 20.7. The molecule has 1 aliphatic heterocycles. The third-order valence-electron chi connectivity index (χ3n) is 3.97. The fourth-order valence-corrected chi connectivity index (χ4v) is 3.35. The van der Waals surface area contributed by atoms with Crippen LogP contribution in [0.2, 0.25) is 0 Å². The Bertz CT molecular complexity index is 223. The van der Waals surface area contributed by atoms with Gasteiger partial charge in [-0.25, -0.2) is 0 Å². The summed E-state index contributed by atoms with van der Waals surface area (Å²) in [5.74, 6) is -0.0325. The molecule has 0 aromatic carbocycles. The number of ether oxygens (including phenoxy) is 1. The largest absolute Gasteiger partial charge is 0.390 e. The van der Waals surface area contributed by atoms with E-state index in [0.29, 0.717) is 0 Å². The van der Waals surface area contributed by atoms with Crippen molar-refractivity contribution in [3.05, 3.63) is 0 Å². The summed E-state index contributed by atoms with van der Waals surface area (Å²) < 4.78 is 6.02. The second-order valence-corrected chi connectivity index (χ2v) is 6.39. The average Bonchev–Trinajstić information content (AvgIpc) is 2.54. The summed E-state index contributed by atoms with van der Waals surface area (Å²) in [4.78, 5) is 0. The highest BCUT2D eigenvalue weighted by atomic mass is 16.5. The second-order valence-electron chi connectivity index (χ2n) is 6.39. The Kier molecular flexibility index (Phi) is 4.28. The van der Waals surface area contributed by atoms with E-state index >= 15 is 0 Å². The molecule has 4 unspecified atom stereocenters. The van der Waals surface area contributed by atoms with Gasteiger partial charge in [0.25, 0.3) is 0 Å². The standard InChI is InChI=1S/C14H28O3/c1-7-9-11(13(3,4)15)12(14(5,6)16)10(8-2)17-9/h9-12,15-16H,7-8H2,1-6H3. The maximum absolute atomic E-state index is 10.4. The van der Waals surface area contributed by atoms with Crippen LogP contribution in [0.3, 0.4) is 0 Å². The molecule has 3 heteroatoms. The van der Waals surface area contributed by atoms with Gasteiger partial charge >= 0.3 is 0 Å². The molecule has 0 radical (unpaired) electrons. The van der Waals surface area contributed by atoms with Crippen LogP contribution < -0.4 is 0 Å². The minimum atomic E-state index is -0.824. The van der Waals surface area contributed by atoms with Crippen molar-refractivity contribution in [1.82, 2.24) is 0 Å². The molecule has 0 saturated carbocycles. The molecule has 4 atom stereocenters. The van der Waals surface area contributed by atoms with Crippen molar-refractivity contribution in [2.75, 3.05) is 0 Å². The van der Waals surface area contributed by atoms with Crippen molar-refractivity contribution in [1.29, 1.82) is 0 Å². The van der Waals surface area contributed by atoms with E-state index < -0.39 is 11.2 Å². The minimum Gasteiger partial charge on any atom is -0.390 e. The lowest BCUT2D eigenvalue weighted by atomic mass is 9.69. The van der Waals surface area contributed by atoms with Crippen LogP contribution in [0.15, 0.2) is 0 Å². The lowest BCUT2D eigenvalue weighted by Gasteiger charge is -2.39. The molecule has 0 aromatic rings. The molecule has 1 heterocycles. The molecular weight excluding hydrogens is 216 g/mol. The maximum atomic E-state index is 10.4. The van der Waals surface area contributed by atoms with E-state index in [1.165, 1.54) is 0 Å². The first kappa shape index (κ1) is 14.9. The van der Waals surface area contributed by atoms with Crippen LogP contribution in [0.25, 0.3) is 0 Å². The number of rotatable bonds is 4. The number of hydrogen-bond acceptors (Lipinski definition) is 3. The minimum absolute atomic E-state index is 0.0163. The molecule has 3 nitrogen and oxygen atoms in total. The summed E-state index contributed by atoms with van der Waals surface area (Å²) in [5.41, 5.74) is -1.65. The van der Waals surface area contributed by atoms with E-state index in [1.54, 1.807) is 0 Å². The highest BCUT2D eigenvalue weighted by Crippen LogP contribution is 2.46. The van der Waals surface area contributed by atoms with Crippen molar-refractivity contribution >= 4 is 0 Å². The molecular formula is C14H28O3. The van der Waals surface area contributed by atoms with Crippen LogP contribution in [0, 0.1) is 11.8 Å². The van der Waals surface area contributed by atoms with Gasteiger partial charge in [0.15, 0.2) is 0 Å². The summed E-state index contributed by atoms with van der Waals surface area (Å²) in [6.07, 6.45) is 1.82. The summed E-state index contributed by atoms with van der Waals surface area (Å²) in [6, 6.07) is 0. The van der Waals surface area contributed by atoms with Crippen molar-refractivity contribution in [3.63, 3.8) is 0 Å². The van der Waals surface area contributed by atoms with Crippen LogP contribution >= 0.6 is 0 Å². The van der Waals surface area contributed by atoms with Crippen molar-refractivity contribution in [3.8, 4) is 0 Å². The van der Waals surface area contributed by atoms with Crippen LogP contribution in [0.5, 0.6) is 0 Å². The maximum Gasteiger partial charge on any atom is 0.0649 e. The van der Waals surface area contributed by atoms with Crippen molar-refractivity contribution < 1.29 is 14.9 Å². The normalized spacial score (nSPS) is 35.3. The first-order valence-electron chi connectivity index (χ1n) is 6.73. The molecule has 1 saturated heterocycles. The topological polar surface area (TPSA) is 49.7 Å². The first-order valence-corrected chi connectivity index (χ1v) is 6.73. The van der Waals surface area contributed by atoms with Crippen molar-refractivity contribution in [2.24, 2.45) is 11.8 Å². The molecule has 1 fully saturated rings. The molecule has 0 bridgehead atoms. The van der Waals surface area contributed by atoms with Crippen LogP contribution in [0.1, 0.15) is 54.4 Å². The summed E-state index contributed by atoms with van der Waals surface area (Å²) in [7, 11) is 0. The Morgan fingerprint density at radius 3 is 1.29 bits per heavy atom.